The number of aromatic nitrogens is 2. The molecule has 1 aromatic rings. The van der Waals surface area contributed by atoms with Crippen molar-refractivity contribution in [1.29, 1.82) is 0 Å². The number of nitrogens with zero attached hydrogens (tertiary/aromatic N) is 5. The average molecular weight is 291 g/mol. The Morgan fingerprint density at radius 1 is 1.14 bits per heavy atom. The van der Waals surface area contributed by atoms with Crippen LogP contribution in [0.15, 0.2) is 6.07 Å². The van der Waals surface area contributed by atoms with Crippen LogP contribution >= 0.6 is 0 Å². The molecule has 0 unspecified atom stereocenters. The first-order valence-corrected chi connectivity index (χ1v) is 7.40. The molecule has 0 spiro atoms. The minimum atomic E-state index is 0.0658. The molecule has 1 fully saturated rings. The molecule has 1 aromatic heterocycles. The molecule has 1 aliphatic heterocycles. The monoisotopic (exact) mass is 291 g/mol. The highest BCUT2D eigenvalue weighted by Crippen LogP contribution is 2.20. The van der Waals surface area contributed by atoms with Crippen molar-refractivity contribution in [1.82, 2.24) is 19.8 Å². The van der Waals surface area contributed by atoms with Gasteiger partial charge in [0, 0.05) is 51.7 Å². The highest BCUT2D eigenvalue weighted by molar-refractivity contribution is 5.73. The Labute approximate surface area is 126 Å². The molecule has 0 saturated carbocycles. The van der Waals surface area contributed by atoms with Gasteiger partial charge in [-0.1, -0.05) is 0 Å². The van der Waals surface area contributed by atoms with E-state index >= 15 is 0 Å². The fourth-order valence-electron chi connectivity index (χ4n) is 2.77. The number of rotatable bonds is 2. The average Bonchev–Trinajstić information content (AvgIpc) is 2.44. The molecule has 0 bridgehead atoms. The maximum absolute atomic E-state index is 12.0. The van der Waals surface area contributed by atoms with E-state index < -0.39 is 0 Å². The fourth-order valence-corrected chi connectivity index (χ4v) is 2.77. The molecule has 6 heteroatoms. The van der Waals surface area contributed by atoms with Crippen molar-refractivity contribution in [2.24, 2.45) is 0 Å². The number of aryl methyl sites for hydroxylation is 2. The topological polar surface area (TPSA) is 52.6 Å². The van der Waals surface area contributed by atoms with Crippen LogP contribution in [0.2, 0.25) is 0 Å². The van der Waals surface area contributed by atoms with Gasteiger partial charge < -0.3 is 14.7 Å². The lowest BCUT2D eigenvalue weighted by Crippen LogP contribution is -2.48. The van der Waals surface area contributed by atoms with Gasteiger partial charge in [-0.3, -0.25) is 0 Å². The van der Waals surface area contributed by atoms with E-state index in [0.29, 0.717) is 6.04 Å². The Hall–Kier alpha value is -1.85. The van der Waals surface area contributed by atoms with E-state index in [-0.39, 0.29) is 6.03 Å². The fraction of sp³-hybridized carbons (Fsp3) is 0.667. The number of hydrogen-bond acceptors (Lipinski definition) is 4. The van der Waals surface area contributed by atoms with Crippen LogP contribution in [-0.2, 0) is 0 Å². The van der Waals surface area contributed by atoms with Crippen LogP contribution in [0.4, 0.5) is 10.7 Å². The predicted molar refractivity (Wildman–Crippen MR) is 83.6 cm³/mol. The summed E-state index contributed by atoms with van der Waals surface area (Å²) < 4.78 is 0. The van der Waals surface area contributed by atoms with Gasteiger partial charge in [-0.15, -0.1) is 0 Å². The van der Waals surface area contributed by atoms with Crippen molar-refractivity contribution in [3.63, 3.8) is 0 Å². The second kappa shape index (κ2) is 6.28. The van der Waals surface area contributed by atoms with Gasteiger partial charge in [0.25, 0.3) is 0 Å². The van der Waals surface area contributed by atoms with Crippen LogP contribution in [-0.4, -0.2) is 66.1 Å². The van der Waals surface area contributed by atoms with Gasteiger partial charge >= 0.3 is 6.03 Å². The van der Waals surface area contributed by atoms with Gasteiger partial charge in [-0.25, -0.2) is 14.8 Å². The van der Waals surface area contributed by atoms with E-state index in [9.17, 15) is 4.79 Å². The standard InChI is InChI=1S/C15H25N5O/c1-11-10-12(2)17-14(16-11)20-8-6-13(7-9-20)19(5)15(21)18(3)4/h10,13H,6-9H2,1-5H3. The Kier molecular flexibility index (Phi) is 4.65. The SMILES string of the molecule is Cc1cc(C)nc(N2CCC(N(C)C(=O)N(C)C)CC2)n1. The Balaban J connectivity index is 1.98. The molecule has 116 valence electrons. The molecule has 2 rings (SSSR count). The highest BCUT2D eigenvalue weighted by atomic mass is 16.2. The van der Waals surface area contributed by atoms with Gasteiger partial charge in [0.2, 0.25) is 5.95 Å². The molecule has 1 saturated heterocycles. The molecular formula is C15H25N5O. The summed E-state index contributed by atoms with van der Waals surface area (Å²) in [6.45, 7) is 5.76. The maximum Gasteiger partial charge on any atom is 0.319 e. The summed E-state index contributed by atoms with van der Waals surface area (Å²) in [6.07, 6.45) is 1.90. The van der Waals surface area contributed by atoms with Crippen LogP contribution in [0, 0.1) is 13.8 Å². The van der Waals surface area contributed by atoms with Gasteiger partial charge in [-0.05, 0) is 32.8 Å². The number of amides is 2. The quantitative estimate of drug-likeness (QED) is 0.832. The Morgan fingerprint density at radius 2 is 1.67 bits per heavy atom. The van der Waals surface area contributed by atoms with Crippen molar-refractivity contribution in [2.75, 3.05) is 39.1 Å². The zero-order valence-electron chi connectivity index (χ0n) is 13.6. The molecule has 0 N–H and O–H groups in total. The maximum atomic E-state index is 12.0. The predicted octanol–water partition coefficient (Wildman–Crippen LogP) is 1.68. The number of hydrogen-bond donors (Lipinski definition) is 0. The minimum Gasteiger partial charge on any atom is -0.341 e. The molecule has 0 radical (unpaired) electrons. The van der Waals surface area contributed by atoms with Crippen LogP contribution in [0.5, 0.6) is 0 Å². The normalized spacial score (nSPS) is 16.0. The molecule has 1 aliphatic rings. The largest absolute Gasteiger partial charge is 0.341 e. The lowest BCUT2D eigenvalue weighted by atomic mass is 10.0. The van der Waals surface area contributed by atoms with Crippen molar-refractivity contribution in [3.05, 3.63) is 17.5 Å². The Morgan fingerprint density at radius 3 is 2.14 bits per heavy atom. The zero-order valence-corrected chi connectivity index (χ0v) is 13.6. The van der Waals surface area contributed by atoms with Gasteiger partial charge in [0.15, 0.2) is 0 Å². The van der Waals surface area contributed by atoms with Crippen molar-refractivity contribution in [3.8, 4) is 0 Å². The first-order chi connectivity index (χ1) is 9.88. The Bertz CT molecular complexity index is 489. The molecule has 0 aromatic carbocycles. The van der Waals surface area contributed by atoms with Gasteiger partial charge in [0.1, 0.15) is 0 Å². The van der Waals surface area contributed by atoms with Crippen LogP contribution < -0.4 is 4.90 Å². The van der Waals surface area contributed by atoms with E-state index in [1.165, 1.54) is 0 Å². The van der Waals surface area contributed by atoms with E-state index in [1.807, 2.05) is 31.9 Å². The van der Waals surface area contributed by atoms with Crippen LogP contribution in [0.1, 0.15) is 24.2 Å². The van der Waals surface area contributed by atoms with E-state index in [1.54, 1.807) is 19.0 Å². The molecule has 21 heavy (non-hydrogen) atoms. The van der Waals surface area contributed by atoms with E-state index in [4.69, 9.17) is 0 Å². The first kappa shape index (κ1) is 15.5. The summed E-state index contributed by atoms with van der Waals surface area (Å²) in [5, 5.41) is 0. The second-order valence-corrected chi connectivity index (χ2v) is 5.96. The molecule has 6 nitrogen and oxygen atoms in total. The smallest absolute Gasteiger partial charge is 0.319 e. The number of piperidine rings is 1. The highest BCUT2D eigenvalue weighted by Gasteiger charge is 2.27. The number of anilines is 1. The van der Waals surface area contributed by atoms with E-state index in [2.05, 4.69) is 14.9 Å². The summed E-state index contributed by atoms with van der Waals surface area (Å²) >= 11 is 0. The molecule has 2 heterocycles. The second-order valence-electron chi connectivity index (χ2n) is 5.96. The van der Waals surface area contributed by atoms with Crippen molar-refractivity contribution in [2.45, 2.75) is 32.7 Å². The van der Waals surface area contributed by atoms with E-state index in [0.717, 1.165) is 43.3 Å². The number of carbonyl (C=O) groups is 1. The van der Waals surface area contributed by atoms with Crippen LogP contribution in [0.25, 0.3) is 0 Å². The summed E-state index contributed by atoms with van der Waals surface area (Å²) in [5.74, 6) is 0.813. The summed E-state index contributed by atoms with van der Waals surface area (Å²) in [4.78, 5) is 26.7. The molecule has 0 atom stereocenters. The van der Waals surface area contributed by atoms with Gasteiger partial charge in [-0.2, -0.15) is 0 Å². The third-order valence-corrected chi connectivity index (χ3v) is 3.95. The van der Waals surface area contributed by atoms with Crippen LogP contribution in [0.3, 0.4) is 0 Å². The first-order valence-electron chi connectivity index (χ1n) is 7.40. The summed E-state index contributed by atoms with van der Waals surface area (Å²) in [5.41, 5.74) is 2.00. The molecular weight excluding hydrogens is 266 g/mol. The zero-order chi connectivity index (χ0) is 15.6. The third kappa shape index (κ3) is 3.62. The van der Waals surface area contributed by atoms with Crippen molar-refractivity contribution < 1.29 is 4.79 Å². The molecule has 0 aliphatic carbocycles. The third-order valence-electron chi connectivity index (χ3n) is 3.95. The van der Waals surface area contributed by atoms with Crippen molar-refractivity contribution >= 4 is 12.0 Å². The molecule has 2 amide bonds. The summed E-state index contributed by atoms with van der Waals surface area (Å²) in [7, 11) is 5.46. The number of carbonyl (C=O) groups excluding carboxylic acids is 1. The lowest BCUT2D eigenvalue weighted by molar-refractivity contribution is 0.155. The van der Waals surface area contributed by atoms with Gasteiger partial charge in [0.05, 0.1) is 0 Å². The minimum absolute atomic E-state index is 0.0658. The number of urea groups is 1. The summed E-state index contributed by atoms with van der Waals surface area (Å²) in [6, 6.07) is 2.35. The lowest BCUT2D eigenvalue weighted by Gasteiger charge is -2.37.